The molecule has 0 atom stereocenters. The highest BCUT2D eigenvalue weighted by molar-refractivity contribution is 7.85. The van der Waals surface area contributed by atoms with E-state index >= 15 is 0 Å². The molecule has 0 spiro atoms. The largest absolute Gasteiger partial charge is 0.328 e. The van der Waals surface area contributed by atoms with Gasteiger partial charge >= 0.3 is 0 Å². The lowest BCUT2D eigenvalue weighted by Gasteiger charge is -2.29. The summed E-state index contributed by atoms with van der Waals surface area (Å²) in [7, 11) is 0.412. The summed E-state index contributed by atoms with van der Waals surface area (Å²) in [6, 6.07) is 0. The van der Waals surface area contributed by atoms with E-state index in [9.17, 15) is 8.42 Å². The second-order valence-electron chi connectivity index (χ2n) is 4.73. The maximum atomic E-state index is 10.5. The van der Waals surface area contributed by atoms with Crippen molar-refractivity contribution >= 4 is 10.1 Å². The number of unbranched alkanes of at least 4 members (excludes halogenated alkanes) is 2. The van der Waals surface area contributed by atoms with Crippen LogP contribution >= 0.6 is 0 Å². The van der Waals surface area contributed by atoms with Gasteiger partial charge in [-0.3, -0.25) is 4.55 Å². The lowest BCUT2D eigenvalue weighted by molar-refractivity contribution is -0.890. The zero-order chi connectivity index (χ0) is 11.9. The molecule has 0 rings (SSSR count). The maximum absolute atomic E-state index is 10.5. The molecule has 0 aromatic carbocycles. The van der Waals surface area contributed by atoms with Crippen molar-refractivity contribution in [2.45, 2.75) is 32.6 Å². The minimum absolute atomic E-state index is 0.123. The molecule has 4 nitrogen and oxygen atoms in total. The molecule has 0 bridgehead atoms. The fourth-order valence-corrected chi connectivity index (χ4v) is 2.07. The van der Waals surface area contributed by atoms with Gasteiger partial charge in [0.25, 0.3) is 10.1 Å². The van der Waals surface area contributed by atoms with Crippen LogP contribution in [0.2, 0.25) is 0 Å². The van der Waals surface area contributed by atoms with Gasteiger partial charge in [-0.15, -0.1) is 0 Å². The summed E-state index contributed by atoms with van der Waals surface area (Å²) in [5, 5.41) is 0. The van der Waals surface area contributed by atoms with Gasteiger partial charge in [-0.1, -0.05) is 13.3 Å². The Hall–Kier alpha value is -0.130. The van der Waals surface area contributed by atoms with Crippen molar-refractivity contribution in [1.82, 2.24) is 0 Å². The topological polar surface area (TPSA) is 54.4 Å². The van der Waals surface area contributed by atoms with E-state index in [0.29, 0.717) is 6.42 Å². The predicted octanol–water partition coefficient (Wildman–Crippen LogP) is 1.53. The fraction of sp³-hybridized carbons (Fsp3) is 1.00. The molecular formula is C10H24NO3S+. The molecule has 0 amide bonds. The first kappa shape index (κ1) is 14.9. The Balaban J connectivity index is 3.73. The quantitative estimate of drug-likeness (QED) is 0.396. The van der Waals surface area contributed by atoms with Gasteiger partial charge in [0.1, 0.15) is 0 Å². The number of hydrogen-bond acceptors (Lipinski definition) is 2. The molecule has 0 saturated carbocycles. The molecule has 1 N–H and O–H groups in total. The van der Waals surface area contributed by atoms with Crippen LogP contribution in [0.3, 0.4) is 0 Å². The van der Waals surface area contributed by atoms with E-state index in [2.05, 4.69) is 21.0 Å². The van der Waals surface area contributed by atoms with Crippen LogP contribution in [0.4, 0.5) is 0 Å². The molecule has 5 heteroatoms. The van der Waals surface area contributed by atoms with Gasteiger partial charge in [-0.2, -0.15) is 8.42 Å². The molecule has 15 heavy (non-hydrogen) atoms. The number of nitrogens with zero attached hydrogens (tertiary/aromatic N) is 1. The molecule has 0 aliphatic heterocycles. The molecular weight excluding hydrogens is 214 g/mol. The average molecular weight is 238 g/mol. The van der Waals surface area contributed by atoms with Crippen molar-refractivity contribution in [3.63, 3.8) is 0 Å². The third-order valence-electron chi connectivity index (χ3n) is 2.53. The minimum atomic E-state index is -3.78. The molecule has 0 aromatic heterocycles. The van der Waals surface area contributed by atoms with Crippen LogP contribution in [-0.4, -0.2) is 50.4 Å². The first-order valence-electron chi connectivity index (χ1n) is 5.54. The maximum Gasteiger partial charge on any atom is 0.265 e. The molecule has 0 radical (unpaired) electrons. The summed E-state index contributed by atoms with van der Waals surface area (Å²) >= 11 is 0. The highest BCUT2D eigenvalue weighted by Crippen LogP contribution is 2.05. The first-order valence-corrected chi connectivity index (χ1v) is 7.15. The SMILES string of the molecule is CCCCC[N+](C)(C)CCCS(=O)(=O)O. The molecule has 0 saturated heterocycles. The predicted molar refractivity (Wildman–Crippen MR) is 62.4 cm³/mol. The van der Waals surface area contributed by atoms with Crippen LogP contribution in [0.25, 0.3) is 0 Å². The van der Waals surface area contributed by atoms with Gasteiger partial charge < -0.3 is 4.48 Å². The van der Waals surface area contributed by atoms with Crippen molar-refractivity contribution in [3.8, 4) is 0 Å². The first-order chi connectivity index (χ1) is 6.77. The van der Waals surface area contributed by atoms with Crippen LogP contribution in [-0.2, 0) is 10.1 Å². The van der Waals surface area contributed by atoms with Gasteiger partial charge in [0, 0.05) is 6.42 Å². The van der Waals surface area contributed by atoms with E-state index in [1.807, 2.05) is 0 Å². The summed E-state index contributed by atoms with van der Waals surface area (Å²) < 4.78 is 30.5. The molecule has 0 aliphatic carbocycles. The zero-order valence-corrected chi connectivity index (χ0v) is 10.9. The summed E-state index contributed by atoms with van der Waals surface area (Å²) in [4.78, 5) is 0. The third-order valence-corrected chi connectivity index (χ3v) is 3.34. The highest BCUT2D eigenvalue weighted by Gasteiger charge is 2.15. The standard InChI is InChI=1S/C10H23NO3S/c1-4-5-6-8-11(2,3)9-7-10-15(12,13)14/h4-10H2,1-3H3/p+1. The summed E-state index contributed by atoms with van der Waals surface area (Å²) in [5.41, 5.74) is 0. The average Bonchev–Trinajstić information content (AvgIpc) is 2.01. The Bertz CT molecular complexity index is 260. The van der Waals surface area contributed by atoms with Crippen molar-refractivity contribution < 1.29 is 17.5 Å². The Labute approximate surface area is 93.6 Å². The molecule has 0 unspecified atom stereocenters. The smallest absolute Gasteiger partial charge is 0.265 e. The second-order valence-corrected chi connectivity index (χ2v) is 6.30. The van der Waals surface area contributed by atoms with Crippen LogP contribution < -0.4 is 0 Å². The Kier molecular flexibility index (Phi) is 6.40. The minimum Gasteiger partial charge on any atom is -0.328 e. The normalized spacial score (nSPS) is 13.1. The lowest BCUT2D eigenvalue weighted by atomic mass is 10.2. The third kappa shape index (κ3) is 10.2. The highest BCUT2D eigenvalue weighted by atomic mass is 32.2. The van der Waals surface area contributed by atoms with Gasteiger partial charge in [0.2, 0.25) is 0 Å². The van der Waals surface area contributed by atoms with Crippen LogP contribution in [0.5, 0.6) is 0 Å². The van der Waals surface area contributed by atoms with Crippen molar-refractivity contribution in [2.75, 3.05) is 32.9 Å². The molecule has 0 heterocycles. The van der Waals surface area contributed by atoms with E-state index in [4.69, 9.17) is 4.55 Å². The summed E-state index contributed by atoms with van der Waals surface area (Å²) in [6.45, 7) is 4.03. The molecule has 92 valence electrons. The Morgan fingerprint density at radius 2 is 1.60 bits per heavy atom. The van der Waals surface area contributed by atoms with Crippen molar-refractivity contribution in [3.05, 3.63) is 0 Å². The van der Waals surface area contributed by atoms with Crippen LogP contribution in [0.15, 0.2) is 0 Å². The molecule has 0 aromatic rings. The monoisotopic (exact) mass is 238 g/mol. The summed E-state index contributed by atoms with van der Waals surface area (Å²) in [5.74, 6) is -0.123. The van der Waals surface area contributed by atoms with E-state index in [1.165, 1.54) is 19.3 Å². The van der Waals surface area contributed by atoms with E-state index in [0.717, 1.165) is 17.6 Å². The number of hydrogen-bond donors (Lipinski definition) is 1. The van der Waals surface area contributed by atoms with Crippen LogP contribution in [0.1, 0.15) is 32.6 Å². The second kappa shape index (κ2) is 6.45. The van der Waals surface area contributed by atoms with Gasteiger partial charge in [0.15, 0.2) is 0 Å². The van der Waals surface area contributed by atoms with E-state index < -0.39 is 10.1 Å². The van der Waals surface area contributed by atoms with Gasteiger partial charge in [-0.05, 0) is 12.8 Å². The fourth-order valence-electron chi connectivity index (χ4n) is 1.58. The Morgan fingerprint density at radius 3 is 2.07 bits per heavy atom. The lowest BCUT2D eigenvalue weighted by Crippen LogP contribution is -2.41. The zero-order valence-electron chi connectivity index (χ0n) is 10.1. The van der Waals surface area contributed by atoms with Gasteiger partial charge in [0.05, 0.1) is 32.9 Å². The van der Waals surface area contributed by atoms with Crippen LogP contribution in [0, 0.1) is 0 Å². The van der Waals surface area contributed by atoms with Gasteiger partial charge in [-0.25, -0.2) is 0 Å². The van der Waals surface area contributed by atoms with Crippen molar-refractivity contribution in [1.29, 1.82) is 0 Å². The number of quaternary nitrogens is 1. The Morgan fingerprint density at radius 1 is 1.07 bits per heavy atom. The van der Waals surface area contributed by atoms with E-state index in [-0.39, 0.29) is 5.75 Å². The van der Waals surface area contributed by atoms with E-state index in [1.54, 1.807) is 0 Å². The summed E-state index contributed by atoms with van der Waals surface area (Å²) in [6.07, 6.45) is 4.12. The van der Waals surface area contributed by atoms with Crippen molar-refractivity contribution in [2.24, 2.45) is 0 Å². The number of rotatable bonds is 8. The molecule has 0 aliphatic rings. The molecule has 0 fully saturated rings.